The van der Waals surface area contributed by atoms with Gasteiger partial charge in [0, 0.05) is 12.0 Å². The molecule has 0 aliphatic carbocycles. The van der Waals surface area contributed by atoms with E-state index in [-0.39, 0.29) is 29.0 Å². The number of hydrogen-bond donors (Lipinski definition) is 1. The average Bonchev–Trinajstić information content (AvgIpc) is 2.92. The van der Waals surface area contributed by atoms with E-state index in [4.69, 9.17) is 9.47 Å². The number of hydrogen-bond acceptors (Lipinski definition) is 5. The standard InChI is InChI=1S/C30H34N2O5S/c1-5-30(6-2)18-24(23-9-7-8-10-26(23)37-30)31-29(33)28-19-32(25-16-13-21(4)17-27(25)36-28)38(34,35)22-14-11-20(3)12-15-22/h7-17,24,28H,5-6,18-19H2,1-4H3,(H,31,33)/t24-,28+/m1/s1. The third kappa shape index (κ3) is 4.73. The number of para-hydroxylation sites is 1. The number of carbonyl (C=O) groups is 1. The zero-order valence-electron chi connectivity index (χ0n) is 22.2. The molecule has 0 bridgehead atoms. The first kappa shape index (κ1) is 26.1. The zero-order chi connectivity index (χ0) is 27.1. The van der Waals surface area contributed by atoms with Crippen LogP contribution in [0.3, 0.4) is 0 Å². The smallest absolute Gasteiger partial charge is 0.264 e. The molecule has 1 amide bonds. The van der Waals surface area contributed by atoms with Crippen molar-refractivity contribution in [1.29, 1.82) is 0 Å². The molecule has 7 nitrogen and oxygen atoms in total. The number of anilines is 1. The Hall–Kier alpha value is -3.52. The Bertz CT molecular complexity index is 1450. The summed E-state index contributed by atoms with van der Waals surface area (Å²) in [6, 6.07) is 19.5. The number of nitrogens with one attached hydrogen (secondary N) is 1. The Morgan fingerprint density at radius 2 is 1.66 bits per heavy atom. The van der Waals surface area contributed by atoms with Crippen molar-refractivity contribution in [3.8, 4) is 11.5 Å². The van der Waals surface area contributed by atoms with Gasteiger partial charge in [-0.25, -0.2) is 8.42 Å². The van der Waals surface area contributed by atoms with E-state index in [1.54, 1.807) is 36.4 Å². The number of ether oxygens (including phenoxy) is 2. The predicted molar refractivity (Wildman–Crippen MR) is 147 cm³/mol. The molecule has 2 atom stereocenters. The summed E-state index contributed by atoms with van der Waals surface area (Å²) in [5.41, 5.74) is 2.82. The second-order valence-corrected chi connectivity index (χ2v) is 12.1. The van der Waals surface area contributed by atoms with Crippen LogP contribution in [0.4, 0.5) is 5.69 Å². The third-order valence-electron chi connectivity index (χ3n) is 7.69. The van der Waals surface area contributed by atoms with E-state index in [1.165, 1.54) is 4.31 Å². The molecule has 2 aliphatic rings. The molecule has 1 N–H and O–H groups in total. The van der Waals surface area contributed by atoms with Crippen LogP contribution in [0.5, 0.6) is 11.5 Å². The Labute approximate surface area is 224 Å². The van der Waals surface area contributed by atoms with Gasteiger partial charge in [0.2, 0.25) is 0 Å². The van der Waals surface area contributed by atoms with E-state index in [0.717, 1.165) is 35.3 Å². The minimum absolute atomic E-state index is 0.129. The van der Waals surface area contributed by atoms with Gasteiger partial charge in [0.05, 0.1) is 23.2 Å². The fourth-order valence-corrected chi connectivity index (χ4v) is 6.73. The van der Waals surface area contributed by atoms with E-state index >= 15 is 0 Å². The minimum atomic E-state index is -3.93. The summed E-state index contributed by atoms with van der Waals surface area (Å²) in [5.74, 6) is 0.779. The molecule has 5 rings (SSSR count). The Morgan fingerprint density at radius 1 is 0.974 bits per heavy atom. The van der Waals surface area contributed by atoms with Gasteiger partial charge in [-0.15, -0.1) is 0 Å². The fraction of sp³-hybridized carbons (Fsp3) is 0.367. The minimum Gasteiger partial charge on any atom is -0.487 e. The molecule has 200 valence electrons. The lowest BCUT2D eigenvalue weighted by molar-refractivity contribution is -0.129. The van der Waals surface area contributed by atoms with Gasteiger partial charge in [0.1, 0.15) is 17.1 Å². The topological polar surface area (TPSA) is 84.9 Å². The molecule has 38 heavy (non-hydrogen) atoms. The Morgan fingerprint density at radius 3 is 2.37 bits per heavy atom. The fourth-order valence-electron chi connectivity index (χ4n) is 5.26. The van der Waals surface area contributed by atoms with Gasteiger partial charge >= 0.3 is 0 Å². The van der Waals surface area contributed by atoms with Gasteiger partial charge in [-0.05, 0) is 62.6 Å². The highest BCUT2D eigenvalue weighted by Crippen LogP contribution is 2.43. The van der Waals surface area contributed by atoms with E-state index in [9.17, 15) is 13.2 Å². The Kier molecular flexibility index (Phi) is 6.86. The van der Waals surface area contributed by atoms with Crippen molar-refractivity contribution < 1.29 is 22.7 Å². The van der Waals surface area contributed by atoms with Crippen LogP contribution in [0.1, 0.15) is 55.8 Å². The van der Waals surface area contributed by atoms with Gasteiger partial charge in [0.25, 0.3) is 15.9 Å². The number of fused-ring (bicyclic) bond motifs is 2. The highest BCUT2D eigenvalue weighted by atomic mass is 32.2. The molecule has 0 unspecified atom stereocenters. The van der Waals surface area contributed by atoms with Crippen molar-refractivity contribution in [2.75, 3.05) is 10.8 Å². The molecule has 3 aromatic rings. The van der Waals surface area contributed by atoms with Crippen LogP contribution in [0.2, 0.25) is 0 Å². The molecule has 2 heterocycles. The van der Waals surface area contributed by atoms with Crippen molar-refractivity contribution >= 4 is 21.6 Å². The second kappa shape index (κ2) is 9.98. The SMILES string of the molecule is CCC1(CC)C[C@@H](NC(=O)[C@@H]2CN(S(=O)(=O)c3ccc(C)cc3)c3ccc(C)cc3O2)c2ccccc2O1. The van der Waals surface area contributed by atoms with Crippen LogP contribution in [0.25, 0.3) is 0 Å². The van der Waals surface area contributed by atoms with Crippen LogP contribution in [-0.4, -0.2) is 32.6 Å². The highest BCUT2D eigenvalue weighted by molar-refractivity contribution is 7.92. The molecule has 0 aromatic heterocycles. The Balaban J connectivity index is 1.47. The van der Waals surface area contributed by atoms with Crippen molar-refractivity contribution in [2.24, 2.45) is 0 Å². The largest absolute Gasteiger partial charge is 0.487 e. The molecular weight excluding hydrogens is 500 g/mol. The molecule has 0 spiro atoms. The van der Waals surface area contributed by atoms with Gasteiger partial charge in [0.15, 0.2) is 6.10 Å². The maximum Gasteiger partial charge on any atom is 0.264 e. The van der Waals surface area contributed by atoms with Gasteiger partial charge < -0.3 is 14.8 Å². The molecule has 8 heteroatoms. The number of benzene rings is 3. The van der Waals surface area contributed by atoms with Crippen molar-refractivity contribution in [3.63, 3.8) is 0 Å². The number of amides is 1. The van der Waals surface area contributed by atoms with Crippen LogP contribution in [0, 0.1) is 13.8 Å². The van der Waals surface area contributed by atoms with Gasteiger partial charge in [-0.1, -0.05) is 55.8 Å². The maximum absolute atomic E-state index is 13.8. The van der Waals surface area contributed by atoms with E-state index in [2.05, 4.69) is 19.2 Å². The van der Waals surface area contributed by atoms with Crippen LogP contribution < -0.4 is 19.1 Å². The summed E-state index contributed by atoms with van der Waals surface area (Å²) in [7, 11) is -3.93. The molecule has 0 radical (unpaired) electrons. The van der Waals surface area contributed by atoms with E-state index < -0.39 is 16.1 Å². The number of nitrogens with zero attached hydrogens (tertiary/aromatic N) is 1. The monoisotopic (exact) mass is 534 g/mol. The number of carbonyl (C=O) groups excluding carboxylic acids is 1. The predicted octanol–water partition coefficient (Wildman–Crippen LogP) is 5.46. The van der Waals surface area contributed by atoms with Crippen molar-refractivity contribution in [2.45, 2.75) is 69.6 Å². The lowest BCUT2D eigenvalue weighted by Gasteiger charge is -2.42. The van der Waals surface area contributed by atoms with Gasteiger partial charge in [-0.3, -0.25) is 9.10 Å². The van der Waals surface area contributed by atoms with Crippen molar-refractivity contribution in [3.05, 3.63) is 83.4 Å². The highest BCUT2D eigenvalue weighted by Gasteiger charge is 2.42. The lowest BCUT2D eigenvalue weighted by Crippen LogP contribution is -2.52. The maximum atomic E-state index is 13.8. The van der Waals surface area contributed by atoms with Crippen LogP contribution in [-0.2, 0) is 14.8 Å². The van der Waals surface area contributed by atoms with Gasteiger partial charge in [-0.2, -0.15) is 0 Å². The summed E-state index contributed by atoms with van der Waals surface area (Å²) >= 11 is 0. The van der Waals surface area contributed by atoms with E-state index in [1.807, 2.05) is 44.2 Å². The van der Waals surface area contributed by atoms with E-state index in [0.29, 0.717) is 17.9 Å². The number of sulfonamides is 1. The summed E-state index contributed by atoms with van der Waals surface area (Å²) in [6.45, 7) is 7.86. The first-order chi connectivity index (χ1) is 18.2. The lowest BCUT2D eigenvalue weighted by atomic mass is 9.83. The summed E-state index contributed by atoms with van der Waals surface area (Å²) in [6.07, 6.45) is 1.21. The first-order valence-electron chi connectivity index (χ1n) is 13.1. The molecule has 0 fully saturated rings. The van der Waals surface area contributed by atoms with Crippen LogP contribution in [0.15, 0.2) is 71.6 Å². The molecule has 3 aromatic carbocycles. The quantitative estimate of drug-likeness (QED) is 0.454. The molecule has 0 saturated carbocycles. The summed E-state index contributed by atoms with van der Waals surface area (Å²) in [5, 5.41) is 3.17. The molecular formula is C30H34N2O5S. The van der Waals surface area contributed by atoms with Crippen molar-refractivity contribution in [1.82, 2.24) is 5.32 Å². The second-order valence-electron chi connectivity index (χ2n) is 10.2. The normalized spacial score (nSPS) is 19.9. The number of aryl methyl sites for hydroxylation is 2. The summed E-state index contributed by atoms with van der Waals surface area (Å²) < 4.78 is 41.3. The third-order valence-corrected chi connectivity index (χ3v) is 9.48. The molecule has 0 saturated heterocycles. The summed E-state index contributed by atoms with van der Waals surface area (Å²) in [4.78, 5) is 13.9. The molecule has 2 aliphatic heterocycles. The first-order valence-corrected chi connectivity index (χ1v) is 14.5. The number of rotatable bonds is 6. The average molecular weight is 535 g/mol. The van der Waals surface area contributed by atoms with Crippen LogP contribution >= 0.6 is 0 Å². The zero-order valence-corrected chi connectivity index (χ0v) is 23.0.